The van der Waals surface area contributed by atoms with Gasteiger partial charge in [0.1, 0.15) is 6.04 Å². The van der Waals surface area contributed by atoms with E-state index in [0.29, 0.717) is 43.0 Å². The maximum Gasteiger partial charge on any atom is 0.256 e. The summed E-state index contributed by atoms with van der Waals surface area (Å²) >= 11 is 3.49. The molecule has 2 aliphatic heterocycles. The Kier molecular flexibility index (Phi) is 6.58. The average molecular weight is 437 g/mol. The number of halogens is 1. The minimum Gasteiger partial charge on any atom is -0.381 e. The van der Waals surface area contributed by atoms with Gasteiger partial charge in [-0.3, -0.25) is 9.59 Å². The van der Waals surface area contributed by atoms with Gasteiger partial charge in [0.05, 0.1) is 12.2 Å². The summed E-state index contributed by atoms with van der Waals surface area (Å²) in [6.07, 6.45) is 1.86. The number of rotatable bonds is 7. The van der Waals surface area contributed by atoms with Gasteiger partial charge in [0.2, 0.25) is 5.91 Å². The van der Waals surface area contributed by atoms with Crippen LogP contribution >= 0.6 is 15.9 Å². The van der Waals surface area contributed by atoms with E-state index in [1.165, 1.54) is 0 Å². The van der Waals surface area contributed by atoms with Gasteiger partial charge in [-0.25, -0.2) is 0 Å². The van der Waals surface area contributed by atoms with Crippen LogP contribution in [-0.2, 0) is 9.53 Å². The van der Waals surface area contributed by atoms with Crippen molar-refractivity contribution in [3.63, 3.8) is 0 Å². The normalized spacial score (nSPS) is 23.0. The summed E-state index contributed by atoms with van der Waals surface area (Å²) in [5.74, 6) is 1.25. The largest absolute Gasteiger partial charge is 0.381 e. The molecule has 0 aliphatic carbocycles. The molecule has 0 spiro atoms. The Labute approximate surface area is 170 Å². The van der Waals surface area contributed by atoms with E-state index in [9.17, 15) is 9.59 Å². The Morgan fingerprint density at radius 3 is 2.81 bits per heavy atom. The molecule has 6 heteroatoms. The lowest BCUT2D eigenvalue weighted by Crippen LogP contribution is -2.41. The van der Waals surface area contributed by atoms with E-state index in [0.717, 1.165) is 29.5 Å². The van der Waals surface area contributed by atoms with Crippen molar-refractivity contribution in [3.05, 3.63) is 33.8 Å². The second kappa shape index (κ2) is 8.74. The molecule has 2 aliphatic rings. The molecule has 1 saturated heterocycles. The molecule has 1 aromatic carbocycles. The van der Waals surface area contributed by atoms with Crippen LogP contribution in [0.5, 0.6) is 0 Å². The number of hydrogen-bond donors (Lipinski definition) is 1. The predicted molar refractivity (Wildman–Crippen MR) is 108 cm³/mol. The van der Waals surface area contributed by atoms with Crippen molar-refractivity contribution >= 4 is 27.7 Å². The molecule has 0 bridgehead atoms. The lowest BCUT2D eigenvalue weighted by molar-refractivity contribution is -0.125. The van der Waals surface area contributed by atoms with Crippen molar-refractivity contribution in [1.82, 2.24) is 10.2 Å². The van der Waals surface area contributed by atoms with E-state index in [-0.39, 0.29) is 11.8 Å². The summed E-state index contributed by atoms with van der Waals surface area (Å²) in [6.45, 7) is 9.22. The second-order valence-electron chi connectivity index (χ2n) is 8.09. The summed E-state index contributed by atoms with van der Waals surface area (Å²) in [5, 5.41) is 3.06. The molecular formula is C21H29BrN2O3. The highest BCUT2D eigenvalue weighted by Crippen LogP contribution is 2.38. The zero-order valence-corrected chi connectivity index (χ0v) is 17.9. The molecule has 148 valence electrons. The van der Waals surface area contributed by atoms with Crippen molar-refractivity contribution in [2.75, 3.05) is 26.3 Å². The standard InChI is InChI=1S/C21H29BrN2O3/c1-13(2)14(3)7-9-24-19(20(25)23-11-15-8-10-27-12-15)16-5-4-6-17(22)18(16)21(24)26/h4-6,13-15,19H,7-12H2,1-3H3,(H,23,25). The van der Waals surface area contributed by atoms with Crippen LogP contribution in [-0.4, -0.2) is 43.0 Å². The van der Waals surface area contributed by atoms with Crippen LogP contribution in [0.1, 0.15) is 55.6 Å². The maximum atomic E-state index is 13.1. The lowest BCUT2D eigenvalue weighted by atomic mass is 9.94. The number of amides is 2. The molecule has 2 heterocycles. The highest BCUT2D eigenvalue weighted by atomic mass is 79.9. The lowest BCUT2D eigenvalue weighted by Gasteiger charge is -2.27. The molecule has 0 radical (unpaired) electrons. The Bertz CT molecular complexity index is 701. The van der Waals surface area contributed by atoms with Crippen molar-refractivity contribution in [2.45, 2.75) is 39.7 Å². The van der Waals surface area contributed by atoms with E-state index in [1.54, 1.807) is 4.90 Å². The van der Waals surface area contributed by atoms with Crippen molar-refractivity contribution in [3.8, 4) is 0 Å². The molecule has 3 unspecified atom stereocenters. The number of carbonyl (C=O) groups excluding carboxylic acids is 2. The van der Waals surface area contributed by atoms with Gasteiger partial charge in [-0.05, 0) is 52.2 Å². The molecule has 27 heavy (non-hydrogen) atoms. The van der Waals surface area contributed by atoms with E-state index < -0.39 is 6.04 Å². The third-order valence-corrected chi connectivity index (χ3v) is 6.59. The Morgan fingerprint density at radius 1 is 1.37 bits per heavy atom. The first-order valence-electron chi connectivity index (χ1n) is 9.85. The first-order chi connectivity index (χ1) is 12.9. The van der Waals surface area contributed by atoms with Crippen LogP contribution < -0.4 is 5.32 Å². The first-order valence-corrected chi connectivity index (χ1v) is 10.6. The van der Waals surface area contributed by atoms with E-state index >= 15 is 0 Å². The first kappa shape index (κ1) is 20.3. The van der Waals surface area contributed by atoms with Gasteiger partial charge in [-0.1, -0.05) is 32.9 Å². The van der Waals surface area contributed by atoms with Gasteiger partial charge in [0, 0.05) is 30.1 Å². The van der Waals surface area contributed by atoms with Gasteiger partial charge in [-0.2, -0.15) is 0 Å². The molecule has 5 nitrogen and oxygen atoms in total. The number of carbonyl (C=O) groups is 2. The SMILES string of the molecule is CC(C)C(C)CCN1C(=O)c2c(Br)cccc2C1C(=O)NCC1CCOC1. The van der Waals surface area contributed by atoms with Gasteiger partial charge >= 0.3 is 0 Å². The number of fused-ring (bicyclic) bond motifs is 1. The molecule has 0 saturated carbocycles. The van der Waals surface area contributed by atoms with Crippen molar-refractivity contribution in [2.24, 2.45) is 17.8 Å². The molecule has 3 atom stereocenters. The van der Waals surface area contributed by atoms with Gasteiger partial charge in [0.25, 0.3) is 5.91 Å². The molecule has 2 amide bonds. The fourth-order valence-corrected chi connectivity index (χ4v) is 4.25. The smallest absolute Gasteiger partial charge is 0.256 e. The zero-order valence-electron chi connectivity index (χ0n) is 16.3. The summed E-state index contributed by atoms with van der Waals surface area (Å²) in [6, 6.07) is 5.10. The molecule has 1 aromatic rings. The van der Waals surface area contributed by atoms with Crippen LogP contribution in [0, 0.1) is 17.8 Å². The third kappa shape index (κ3) is 4.37. The Balaban J connectivity index is 1.78. The fraction of sp³-hybridized carbons (Fsp3) is 0.619. The topological polar surface area (TPSA) is 58.6 Å². The highest BCUT2D eigenvalue weighted by molar-refractivity contribution is 9.10. The number of hydrogen-bond acceptors (Lipinski definition) is 3. The van der Waals surface area contributed by atoms with Crippen LogP contribution in [0.15, 0.2) is 22.7 Å². The quantitative estimate of drug-likeness (QED) is 0.707. The molecule has 1 fully saturated rings. The Morgan fingerprint density at radius 2 is 2.15 bits per heavy atom. The number of benzene rings is 1. The van der Waals surface area contributed by atoms with Gasteiger partial charge in [-0.15, -0.1) is 0 Å². The summed E-state index contributed by atoms with van der Waals surface area (Å²) in [7, 11) is 0. The maximum absolute atomic E-state index is 13.1. The molecular weight excluding hydrogens is 408 g/mol. The second-order valence-corrected chi connectivity index (χ2v) is 8.94. The van der Waals surface area contributed by atoms with Gasteiger partial charge < -0.3 is 15.0 Å². The molecule has 0 aromatic heterocycles. The minimum atomic E-state index is -0.549. The van der Waals surface area contributed by atoms with Crippen LogP contribution in [0.2, 0.25) is 0 Å². The number of ether oxygens (including phenoxy) is 1. The number of nitrogens with zero attached hydrogens (tertiary/aromatic N) is 1. The van der Waals surface area contributed by atoms with Gasteiger partial charge in [0.15, 0.2) is 0 Å². The van der Waals surface area contributed by atoms with E-state index in [4.69, 9.17) is 4.74 Å². The van der Waals surface area contributed by atoms with Crippen LogP contribution in [0.3, 0.4) is 0 Å². The van der Waals surface area contributed by atoms with Crippen LogP contribution in [0.25, 0.3) is 0 Å². The highest BCUT2D eigenvalue weighted by Gasteiger charge is 2.42. The average Bonchev–Trinajstić information content (AvgIpc) is 3.24. The minimum absolute atomic E-state index is 0.0576. The summed E-state index contributed by atoms with van der Waals surface area (Å²) in [4.78, 5) is 27.9. The zero-order chi connectivity index (χ0) is 19.6. The molecule has 3 rings (SSSR count). The molecule has 1 N–H and O–H groups in total. The summed E-state index contributed by atoms with van der Waals surface area (Å²) in [5.41, 5.74) is 1.42. The van der Waals surface area contributed by atoms with Crippen molar-refractivity contribution in [1.29, 1.82) is 0 Å². The Hall–Kier alpha value is -1.40. The fourth-order valence-electron chi connectivity index (χ4n) is 3.70. The summed E-state index contributed by atoms with van der Waals surface area (Å²) < 4.78 is 6.15. The third-order valence-electron chi connectivity index (χ3n) is 5.93. The van der Waals surface area contributed by atoms with Crippen molar-refractivity contribution < 1.29 is 14.3 Å². The number of nitrogens with one attached hydrogen (secondary N) is 1. The predicted octanol–water partition coefficient (Wildman–Crippen LogP) is 3.78. The van der Waals surface area contributed by atoms with Crippen LogP contribution in [0.4, 0.5) is 0 Å². The monoisotopic (exact) mass is 436 g/mol. The van der Waals surface area contributed by atoms with E-state index in [1.807, 2.05) is 18.2 Å². The van der Waals surface area contributed by atoms with E-state index in [2.05, 4.69) is 42.0 Å².